The van der Waals surface area contributed by atoms with Gasteiger partial charge in [-0.05, 0) is 24.5 Å². The van der Waals surface area contributed by atoms with Gasteiger partial charge in [0.15, 0.2) is 0 Å². The lowest BCUT2D eigenvalue weighted by atomic mass is 10.1. The van der Waals surface area contributed by atoms with E-state index < -0.39 is 0 Å². The molecule has 2 heterocycles. The number of hydrogen-bond acceptors (Lipinski definition) is 6. The Kier molecular flexibility index (Phi) is 5.10. The summed E-state index contributed by atoms with van der Waals surface area (Å²) in [5, 5.41) is 7.59. The molecule has 0 bridgehead atoms. The maximum Gasteiger partial charge on any atom is 0.311 e. The minimum absolute atomic E-state index is 0.0162. The van der Waals surface area contributed by atoms with Crippen LogP contribution in [-0.2, 0) is 11.3 Å². The molecule has 0 radical (unpaired) electrons. The van der Waals surface area contributed by atoms with Crippen LogP contribution in [0.2, 0.25) is 0 Å². The fraction of sp³-hybridized carbons (Fsp3) is 0.471. The van der Waals surface area contributed by atoms with Crippen molar-refractivity contribution in [3.63, 3.8) is 0 Å². The molecular formula is C17H22N4O3. The predicted molar refractivity (Wildman–Crippen MR) is 88.7 cm³/mol. The van der Waals surface area contributed by atoms with Crippen molar-refractivity contribution in [3.8, 4) is 0 Å². The number of aromatic nitrogens is 2. The van der Waals surface area contributed by atoms with Crippen LogP contribution in [0.5, 0.6) is 0 Å². The van der Waals surface area contributed by atoms with E-state index in [0.29, 0.717) is 18.4 Å². The molecule has 0 saturated carbocycles. The molecule has 7 nitrogen and oxygen atoms in total. The third-order valence-corrected chi connectivity index (χ3v) is 4.20. The molecule has 1 amide bonds. The minimum atomic E-state index is -0.247. The summed E-state index contributed by atoms with van der Waals surface area (Å²) in [5.74, 6) is 0.511. The maximum absolute atomic E-state index is 12.4. The van der Waals surface area contributed by atoms with E-state index in [-0.39, 0.29) is 18.4 Å². The van der Waals surface area contributed by atoms with Crippen LogP contribution in [0.4, 0.5) is 5.69 Å². The van der Waals surface area contributed by atoms with Crippen LogP contribution in [0.15, 0.2) is 34.7 Å². The molecule has 1 aliphatic heterocycles. The Labute approximate surface area is 141 Å². The molecule has 1 aliphatic rings. The number of methoxy groups -OCH3 is 1. The zero-order chi connectivity index (χ0) is 16.9. The summed E-state index contributed by atoms with van der Waals surface area (Å²) < 4.78 is 10.2. The summed E-state index contributed by atoms with van der Waals surface area (Å²) in [7, 11) is 3.31. The average Bonchev–Trinajstić information content (AvgIpc) is 3.25. The third-order valence-electron chi connectivity index (χ3n) is 4.20. The minimum Gasteiger partial charge on any atom is -0.414 e. The SMILES string of the molecule is COCc1nnc(C(=O)N(C)C[C@@H]2CCN(c3ccccc3)C2)o1. The van der Waals surface area contributed by atoms with Gasteiger partial charge in [0.2, 0.25) is 5.89 Å². The van der Waals surface area contributed by atoms with E-state index in [1.807, 2.05) is 18.2 Å². The molecule has 0 unspecified atom stereocenters. The van der Waals surface area contributed by atoms with Crippen LogP contribution in [-0.4, -0.2) is 54.8 Å². The number of nitrogens with zero attached hydrogens (tertiary/aromatic N) is 4. The molecular weight excluding hydrogens is 308 g/mol. The standard InChI is InChI=1S/C17H22N4O3/c1-20(17(22)16-19-18-15(24-16)12-23-2)10-13-8-9-21(11-13)14-6-4-3-5-7-14/h3-7,13H,8-12H2,1-2H3/t13-/m0/s1. The van der Waals surface area contributed by atoms with E-state index in [1.165, 1.54) is 12.8 Å². The van der Waals surface area contributed by atoms with Crippen molar-refractivity contribution < 1.29 is 13.9 Å². The lowest BCUT2D eigenvalue weighted by molar-refractivity contribution is 0.0729. The number of para-hydroxylation sites is 1. The smallest absolute Gasteiger partial charge is 0.311 e. The highest BCUT2D eigenvalue weighted by atomic mass is 16.5. The molecule has 0 spiro atoms. The average molecular weight is 330 g/mol. The van der Waals surface area contributed by atoms with Gasteiger partial charge in [0.25, 0.3) is 0 Å². The normalized spacial score (nSPS) is 17.2. The molecule has 1 atom stereocenters. The van der Waals surface area contributed by atoms with Crippen LogP contribution < -0.4 is 4.90 Å². The Morgan fingerprint density at radius 1 is 1.38 bits per heavy atom. The molecule has 128 valence electrons. The van der Waals surface area contributed by atoms with Gasteiger partial charge in [0.1, 0.15) is 6.61 Å². The quantitative estimate of drug-likeness (QED) is 0.804. The van der Waals surface area contributed by atoms with Crippen LogP contribution in [0, 0.1) is 5.92 Å². The Balaban J connectivity index is 1.55. The van der Waals surface area contributed by atoms with Gasteiger partial charge < -0.3 is 19.0 Å². The predicted octanol–water partition coefficient (Wildman–Crippen LogP) is 1.81. The highest BCUT2D eigenvalue weighted by Gasteiger charge is 2.27. The van der Waals surface area contributed by atoms with Crippen molar-refractivity contribution in [2.45, 2.75) is 13.0 Å². The monoisotopic (exact) mass is 330 g/mol. The van der Waals surface area contributed by atoms with E-state index in [2.05, 4.69) is 27.2 Å². The first-order chi connectivity index (χ1) is 11.7. The van der Waals surface area contributed by atoms with Crippen molar-refractivity contribution in [1.82, 2.24) is 15.1 Å². The fourth-order valence-corrected chi connectivity index (χ4v) is 3.01. The Hall–Kier alpha value is -2.41. The van der Waals surface area contributed by atoms with Crippen molar-refractivity contribution in [3.05, 3.63) is 42.1 Å². The van der Waals surface area contributed by atoms with Crippen molar-refractivity contribution >= 4 is 11.6 Å². The van der Waals surface area contributed by atoms with Gasteiger partial charge >= 0.3 is 11.8 Å². The molecule has 1 saturated heterocycles. The summed E-state index contributed by atoms with van der Waals surface area (Å²) in [6.45, 7) is 2.83. The Morgan fingerprint density at radius 2 is 2.17 bits per heavy atom. The molecule has 2 aromatic rings. The number of hydrogen-bond donors (Lipinski definition) is 0. The van der Waals surface area contributed by atoms with E-state index >= 15 is 0 Å². The zero-order valence-corrected chi connectivity index (χ0v) is 14.0. The van der Waals surface area contributed by atoms with Gasteiger partial charge in [0, 0.05) is 39.5 Å². The summed E-state index contributed by atoms with van der Waals surface area (Å²) in [6, 6.07) is 10.3. The number of benzene rings is 1. The van der Waals surface area contributed by atoms with Gasteiger partial charge in [-0.15, -0.1) is 10.2 Å². The van der Waals surface area contributed by atoms with Crippen LogP contribution >= 0.6 is 0 Å². The summed E-state index contributed by atoms with van der Waals surface area (Å²) >= 11 is 0. The number of ether oxygens (including phenoxy) is 1. The zero-order valence-electron chi connectivity index (χ0n) is 14.0. The molecule has 1 fully saturated rings. The van der Waals surface area contributed by atoms with Gasteiger partial charge in [-0.1, -0.05) is 18.2 Å². The first-order valence-electron chi connectivity index (χ1n) is 8.04. The summed E-state index contributed by atoms with van der Waals surface area (Å²) in [5.41, 5.74) is 1.23. The first-order valence-corrected chi connectivity index (χ1v) is 8.04. The van der Waals surface area contributed by atoms with Gasteiger partial charge in [-0.2, -0.15) is 0 Å². The second kappa shape index (κ2) is 7.44. The van der Waals surface area contributed by atoms with Crippen LogP contribution in [0.3, 0.4) is 0 Å². The van der Waals surface area contributed by atoms with E-state index in [1.54, 1.807) is 11.9 Å². The molecule has 24 heavy (non-hydrogen) atoms. The third kappa shape index (κ3) is 3.73. The summed E-state index contributed by atoms with van der Waals surface area (Å²) in [4.78, 5) is 16.4. The lowest BCUT2D eigenvalue weighted by Gasteiger charge is -2.21. The fourth-order valence-electron chi connectivity index (χ4n) is 3.01. The van der Waals surface area contributed by atoms with Crippen molar-refractivity contribution in [1.29, 1.82) is 0 Å². The number of anilines is 1. The van der Waals surface area contributed by atoms with Crippen LogP contribution in [0.25, 0.3) is 0 Å². The Bertz CT molecular complexity index is 673. The van der Waals surface area contributed by atoms with Gasteiger partial charge in [0.05, 0.1) is 0 Å². The van der Waals surface area contributed by atoms with Gasteiger partial charge in [-0.25, -0.2) is 0 Å². The highest BCUT2D eigenvalue weighted by molar-refractivity contribution is 5.89. The summed E-state index contributed by atoms with van der Waals surface area (Å²) in [6.07, 6.45) is 1.06. The molecule has 1 aromatic carbocycles. The number of rotatable bonds is 6. The topological polar surface area (TPSA) is 71.7 Å². The largest absolute Gasteiger partial charge is 0.414 e. The second-order valence-corrected chi connectivity index (χ2v) is 6.06. The van der Waals surface area contributed by atoms with Crippen LogP contribution in [0.1, 0.15) is 23.0 Å². The molecule has 3 rings (SSSR count). The molecule has 1 aromatic heterocycles. The number of carbonyl (C=O) groups is 1. The van der Waals surface area contributed by atoms with E-state index in [4.69, 9.17) is 9.15 Å². The van der Waals surface area contributed by atoms with E-state index in [9.17, 15) is 4.79 Å². The maximum atomic E-state index is 12.4. The number of carbonyl (C=O) groups excluding carboxylic acids is 1. The highest BCUT2D eigenvalue weighted by Crippen LogP contribution is 2.24. The van der Waals surface area contributed by atoms with E-state index in [0.717, 1.165) is 19.5 Å². The second-order valence-electron chi connectivity index (χ2n) is 6.06. The van der Waals surface area contributed by atoms with Gasteiger partial charge in [-0.3, -0.25) is 4.79 Å². The van der Waals surface area contributed by atoms with Crippen molar-refractivity contribution in [2.75, 3.05) is 38.7 Å². The Morgan fingerprint density at radius 3 is 2.92 bits per heavy atom. The lowest BCUT2D eigenvalue weighted by Crippen LogP contribution is -2.33. The van der Waals surface area contributed by atoms with Crippen molar-refractivity contribution in [2.24, 2.45) is 5.92 Å². The molecule has 0 N–H and O–H groups in total. The first kappa shape index (κ1) is 16.4. The molecule has 0 aliphatic carbocycles. The number of amides is 1. The molecule has 7 heteroatoms.